The quantitative estimate of drug-likeness (QED) is 0.808. The molecule has 0 aliphatic rings. The largest absolute Gasteiger partial charge is 0.397 e. The summed E-state index contributed by atoms with van der Waals surface area (Å²) in [6, 6.07) is 7.04. The van der Waals surface area contributed by atoms with Crippen molar-refractivity contribution in [3.05, 3.63) is 52.0 Å². The van der Waals surface area contributed by atoms with Gasteiger partial charge in [0.1, 0.15) is 11.6 Å². The van der Waals surface area contributed by atoms with Crippen LogP contribution in [0.2, 0.25) is 0 Å². The van der Waals surface area contributed by atoms with Gasteiger partial charge in [0.05, 0.1) is 15.8 Å². The summed E-state index contributed by atoms with van der Waals surface area (Å²) in [6.45, 7) is 1.76. The number of benzene rings is 2. The third kappa shape index (κ3) is 2.61. The van der Waals surface area contributed by atoms with Crippen LogP contribution in [0, 0.1) is 18.6 Å². The average Bonchev–Trinajstić information content (AvgIpc) is 2.30. The molecule has 0 aliphatic heterocycles. The van der Waals surface area contributed by atoms with Gasteiger partial charge in [-0.1, -0.05) is 0 Å². The molecule has 5 heteroatoms. The molecule has 0 fully saturated rings. The first-order chi connectivity index (χ1) is 8.47. The molecule has 2 aromatic carbocycles. The summed E-state index contributed by atoms with van der Waals surface area (Å²) in [4.78, 5) is 0. The normalized spacial score (nSPS) is 10.4. The van der Waals surface area contributed by atoms with Gasteiger partial charge >= 0.3 is 0 Å². The van der Waals surface area contributed by atoms with Crippen LogP contribution >= 0.6 is 15.9 Å². The van der Waals surface area contributed by atoms with Crippen molar-refractivity contribution in [1.29, 1.82) is 0 Å². The van der Waals surface area contributed by atoms with Gasteiger partial charge in [-0.25, -0.2) is 8.78 Å². The fourth-order valence-corrected chi connectivity index (χ4v) is 1.91. The number of rotatable bonds is 2. The summed E-state index contributed by atoms with van der Waals surface area (Å²) in [5, 5.41) is 2.99. The van der Waals surface area contributed by atoms with Crippen molar-refractivity contribution in [3.8, 4) is 0 Å². The second kappa shape index (κ2) is 4.94. The predicted molar refractivity (Wildman–Crippen MR) is 72.9 cm³/mol. The maximum Gasteiger partial charge on any atom is 0.137 e. The molecule has 0 bridgehead atoms. The molecule has 0 amide bonds. The van der Waals surface area contributed by atoms with Crippen LogP contribution in [0.25, 0.3) is 0 Å². The van der Waals surface area contributed by atoms with Gasteiger partial charge in [-0.2, -0.15) is 0 Å². The van der Waals surface area contributed by atoms with Gasteiger partial charge < -0.3 is 11.1 Å². The summed E-state index contributed by atoms with van der Waals surface area (Å²) in [7, 11) is 0. The Balaban J connectivity index is 2.40. The Morgan fingerprint density at radius 3 is 2.56 bits per heavy atom. The number of halogens is 3. The fraction of sp³-hybridized carbons (Fsp3) is 0.0769. The monoisotopic (exact) mass is 312 g/mol. The first-order valence-corrected chi connectivity index (χ1v) is 6.04. The number of nitrogen functional groups attached to an aromatic ring is 1. The zero-order valence-corrected chi connectivity index (χ0v) is 11.2. The lowest BCUT2D eigenvalue weighted by Gasteiger charge is -2.12. The van der Waals surface area contributed by atoms with Crippen LogP contribution in [0.1, 0.15) is 5.56 Å². The van der Waals surface area contributed by atoms with E-state index in [2.05, 4.69) is 21.2 Å². The number of nitrogens with one attached hydrogen (secondary N) is 1. The summed E-state index contributed by atoms with van der Waals surface area (Å²) < 4.78 is 26.7. The molecular formula is C13H11BrF2N2. The highest BCUT2D eigenvalue weighted by molar-refractivity contribution is 9.10. The predicted octanol–water partition coefficient (Wildman–Crippen LogP) is 4.36. The molecule has 0 aliphatic carbocycles. The number of hydrogen-bond donors (Lipinski definition) is 2. The Kier molecular flexibility index (Phi) is 3.52. The first kappa shape index (κ1) is 12.8. The maximum atomic E-state index is 13.3. The van der Waals surface area contributed by atoms with Crippen molar-refractivity contribution < 1.29 is 8.78 Å². The molecule has 2 aromatic rings. The molecule has 0 aromatic heterocycles. The van der Waals surface area contributed by atoms with Crippen LogP contribution in [-0.4, -0.2) is 0 Å². The summed E-state index contributed by atoms with van der Waals surface area (Å²) in [5.74, 6) is -0.726. The second-order valence-corrected chi connectivity index (χ2v) is 4.79. The van der Waals surface area contributed by atoms with Crippen LogP contribution in [0.15, 0.2) is 34.8 Å². The van der Waals surface area contributed by atoms with Crippen molar-refractivity contribution in [3.63, 3.8) is 0 Å². The van der Waals surface area contributed by atoms with E-state index >= 15 is 0 Å². The van der Waals surface area contributed by atoms with Gasteiger partial charge in [-0.3, -0.25) is 0 Å². The van der Waals surface area contributed by atoms with Crippen molar-refractivity contribution in [2.45, 2.75) is 6.92 Å². The Morgan fingerprint density at radius 1 is 1.11 bits per heavy atom. The molecule has 2 nitrogen and oxygen atoms in total. The molecule has 0 spiro atoms. The van der Waals surface area contributed by atoms with E-state index in [1.54, 1.807) is 13.0 Å². The van der Waals surface area contributed by atoms with E-state index in [9.17, 15) is 8.78 Å². The molecule has 0 saturated carbocycles. The molecule has 0 saturated heterocycles. The van der Waals surface area contributed by atoms with Crippen LogP contribution in [0.4, 0.5) is 25.8 Å². The highest BCUT2D eigenvalue weighted by Crippen LogP contribution is 2.29. The minimum atomic E-state index is -0.384. The molecule has 18 heavy (non-hydrogen) atoms. The summed E-state index contributed by atoms with van der Waals surface area (Å²) in [6.07, 6.45) is 0. The van der Waals surface area contributed by atoms with Gasteiger partial charge in [0.15, 0.2) is 0 Å². The lowest BCUT2D eigenvalue weighted by Crippen LogP contribution is -1.99. The lowest BCUT2D eigenvalue weighted by atomic mass is 10.1. The molecule has 0 heterocycles. The minimum Gasteiger partial charge on any atom is -0.397 e. The van der Waals surface area contributed by atoms with E-state index in [-0.39, 0.29) is 11.6 Å². The topological polar surface area (TPSA) is 38.0 Å². The van der Waals surface area contributed by atoms with Crippen LogP contribution in [-0.2, 0) is 0 Å². The Hall–Kier alpha value is -1.62. The van der Waals surface area contributed by atoms with Crippen molar-refractivity contribution in [2.24, 2.45) is 0 Å². The SMILES string of the molecule is Cc1cc(F)c(Br)cc1Nc1cc(F)ccc1N. The van der Waals surface area contributed by atoms with Crippen molar-refractivity contribution in [1.82, 2.24) is 0 Å². The van der Waals surface area contributed by atoms with Crippen LogP contribution in [0.5, 0.6) is 0 Å². The van der Waals surface area contributed by atoms with Gasteiger partial charge in [-0.15, -0.1) is 0 Å². The number of anilines is 3. The molecule has 0 unspecified atom stereocenters. The highest BCUT2D eigenvalue weighted by Gasteiger charge is 2.07. The van der Waals surface area contributed by atoms with E-state index in [0.717, 1.165) is 0 Å². The van der Waals surface area contributed by atoms with Crippen LogP contribution < -0.4 is 11.1 Å². The molecule has 0 atom stereocenters. The maximum absolute atomic E-state index is 13.3. The van der Waals surface area contributed by atoms with Gasteiger partial charge in [0, 0.05) is 5.69 Å². The molecule has 0 radical (unpaired) electrons. The zero-order valence-electron chi connectivity index (χ0n) is 9.60. The zero-order chi connectivity index (χ0) is 13.3. The van der Waals surface area contributed by atoms with Crippen molar-refractivity contribution in [2.75, 3.05) is 11.1 Å². The second-order valence-electron chi connectivity index (χ2n) is 3.94. The third-order valence-electron chi connectivity index (χ3n) is 2.55. The lowest BCUT2D eigenvalue weighted by molar-refractivity contribution is 0.620. The van der Waals surface area contributed by atoms with Crippen molar-refractivity contribution >= 4 is 33.0 Å². The Bertz CT molecular complexity index is 600. The number of nitrogens with two attached hydrogens (primary N) is 1. The number of aryl methyl sites for hydroxylation is 1. The van der Waals surface area contributed by atoms with Gasteiger partial charge in [0.25, 0.3) is 0 Å². The Labute approximate surface area is 112 Å². The summed E-state index contributed by atoms with van der Waals surface area (Å²) >= 11 is 3.11. The highest BCUT2D eigenvalue weighted by atomic mass is 79.9. The van der Waals surface area contributed by atoms with Gasteiger partial charge in [-0.05, 0) is 58.7 Å². The molecular weight excluding hydrogens is 302 g/mol. The van der Waals surface area contributed by atoms with Crippen LogP contribution in [0.3, 0.4) is 0 Å². The third-order valence-corrected chi connectivity index (χ3v) is 3.16. The first-order valence-electron chi connectivity index (χ1n) is 5.25. The van der Waals surface area contributed by atoms with E-state index in [1.807, 2.05) is 0 Å². The smallest absolute Gasteiger partial charge is 0.137 e. The van der Waals surface area contributed by atoms with Gasteiger partial charge in [0.2, 0.25) is 0 Å². The molecule has 94 valence electrons. The average molecular weight is 313 g/mol. The Morgan fingerprint density at radius 2 is 1.83 bits per heavy atom. The molecule has 3 N–H and O–H groups in total. The van der Waals surface area contributed by atoms with E-state index < -0.39 is 0 Å². The van der Waals surface area contributed by atoms with E-state index in [0.29, 0.717) is 27.1 Å². The summed E-state index contributed by atoms with van der Waals surface area (Å²) in [5.41, 5.74) is 8.00. The standard InChI is InChI=1S/C13H11BrF2N2/c1-7-4-10(16)9(14)6-12(7)18-13-5-8(15)2-3-11(13)17/h2-6,18H,17H2,1H3. The van der Waals surface area contributed by atoms with E-state index in [4.69, 9.17) is 5.73 Å². The van der Waals surface area contributed by atoms with E-state index in [1.165, 1.54) is 24.3 Å². The number of hydrogen-bond acceptors (Lipinski definition) is 2. The fourth-order valence-electron chi connectivity index (χ4n) is 1.56. The molecule has 2 rings (SSSR count). The minimum absolute atomic E-state index is 0.338.